The predicted molar refractivity (Wildman–Crippen MR) is 106 cm³/mol. The quantitative estimate of drug-likeness (QED) is 0.648. The third kappa shape index (κ3) is 4.29. The van der Waals surface area contributed by atoms with Crippen molar-refractivity contribution in [3.05, 3.63) is 60.4 Å². The molecule has 0 atom stereocenters. The highest BCUT2D eigenvalue weighted by molar-refractivity contribution is 6.04. The van der Waals surface area contributed by atoms with Crippen molar-refractivity contribution in [3.63, 3.8) is 0 Å². The fourth-order valence-corrected chi connectivity index (χ4v) is 2.48. The summed E-state index contributed by atoms with van der Waals surface area (Å²) in [6.45, 7) is 0. The molecule has 0 fully saturated rings. The number of para-hydroxylation sites is 2. The lowest BCUT2D eigenvalue weighted by atomic mass is 10.2. The van der Waals surface area contributed by atoms with Gasteiger partial charge in [-0.2, -0.15) is 0 Å². The van der Waals surface area contributed by atoms with Crippen molar-refractivity contribution in [2.24, 2.45) is 0 Å². The molecule has 0 aliphatic rings. The maximum Gasteiger partial charge on any atom is 0.258 e. The van der Waals surface area contributed by atoms with Gasteiger partial charge in [0.05, 0.1) is 38.3 Å². The zero-order valence-electron chi connectivity index (χ0n) is 15.7. The Hall–Kier alpha value is -3.81. The minimum atomic E-state index is -0.338. The van der Waals surface area contributed by atoms with Crippen LogP contribution in [0.4, 0.5) is 17.3 Å². The molecule has 0 radical (unpaired) electrons. The molecule has 1 amide bonds. The molecular weight excluding hydrogens is 360 g/mol. The number of carbonyl (C=O) groups is 1. The number of hydrogen-bond donors (Lipinski definition) is 2. The smallest absolute Gasteiger partial charge is 0.258 e. The van der Waals surface area contributed by atoms with Gasteiger partial charge in [0, 0.05) is 18.5 Å². The Bertz CT molecular complexity index is 961. The van der Waals surface area contributed by atoms with Gasteiger partial charge in [-0.1, -0.05) is 12.1 Å². The van der Waals surface area contributed by atoms with E-state index in [0.717, 1.165) is 0 Å². The van der Waals surface area contributed by atoms with Crippen molar-refractivity contribution in [2.75, 3.05) is 32.0 Å². The van der Waals surface area contributed by atoms with E-state index in [1.165, 1.54) is 12.4 Å². The number of hydrogen-bond acceptors (Lipinski definition) is 7. The van der Waals surface area contributed by atoms with Crippen LogP contribution in [0.2, 0.25) is 0 Å². The normalized spacial score (nSPS) is 10.1. The van der Waals surface area contributed by atoms with E-state index in [4.69, 9.17) is 14.2 Å². The number of aromatic nitrogens is 2. The SMILES string of the molecule is COc1ccc(OC)c(Nc2ncc(C(=O)Nc3ccccc3OC)cn2)c1. The molecule has 0 saturated heterocycles. The van der Waals surface area contributed by atoms with E-state index in [2.05, 4.69) is 20.6 Å². The van der Waals surface area contributed by atoms with Crippen molar-refractivity contribution < 1.29 is 19.0 Å². The number of carbonyl (C=O) groups excluding carboxylic acids is 1. The molecule has 8 nitrogen and oxygen atoms in total. The molecule has 2 aromatic carbocycles. The molecule has 0 spiro atoms. The van der Waals surface area contributed by atoms with Crippen LogP contribution in [0, 0.1) is 0 Å². The summed E-state index contributed by atoms with van der Waals surface area (Å²) in [7, 11) is 4.69. The Labute approximate surface area is 162 Å². The van der Waals surface area contributed by atoms with Crippen LogP contribution in [0.15, 0.2) is 54.9 Å². The van der Waals surface area contributed by atoms with Crippen LogP contribution in [-0.2, 0) is 0 Å². The van der Waals surface area contributed by atoms with Crippen LogP contribution >= 0.6 is 0 Å². The summed E-state index contributed by atoms with van der Waals surface area (Å²) < 4.78 is 15.8. The third-order valence-corrected chi connectivity index (χ3v) is 3.92. The van der Waals surface area contributed by atoms with Gasteiger partial charge in [0.25, 0.3) is 5.91 Å². The summed E-state index contributed by atoms with van der Waals surface area (Å²) in [5.74, 6) is 1.83. The monoisotopic (exact) mass is 380 g/mol. The molecule has 0 unspecified atom stereocenters. The Kier molecular flexibility index (Phi) is 5.91. The van der Waals surface area contributed by atoms with Gasteiger partial charge in [-0.25, -0.2) is 9.97 Å². The highest BCUT2D eigenvalue weighted by atomic mass is 16.5. The standard InChI is InChI=1S/C20H20N4O4/c1-26-14-8-9-18(28-3)16(10-14)24-20-21-11-13(12-22-20)19(25)23-15-6-4-5-7-17(15)27-2/h4-12H,1-3H3,(H,23,25)(H,21,22,24). The number of amides is 1. The molecule has 3 aromatic rings. The van der Waals surface area contributed by atoms with Crippen LogP contribution < -0.4 is 24.8 Å². The molecule has 8 heteroatoms. The minimum Gasteiger partial charge on any atom is -0.497 e. The van der Waals surface area contributed by atoms with Gasteiger partial charge in [-0.15, -0.1) is 0 Å². The summed E-state index contributed by atoms with van der Waals surface area (Å²) in [6.07, 6.45) is 2.87. The summed E-state index contributed by atoms with van der Waals surface area (Å²) in [6, 6.07) is 12.5. The Morgan fingerprint density at radius 1 is 0.857 bits per heavy atom. The maximum absolute atomic E-state index is 12.4. The molecule has 0 aliphatic heterocycles. The van der Waals surface area contributed by atoms with Gasteiger partial charge in [0.2, 0.25) is 5.95 Å². The minimum absolute atomic E-state index is 0.314. The number of ether oxygens (including phenoxy) is 3. The molecule has 0 saturated carbocycles. The second kappa shape index (κ2) is 8.72. The lowest BCUT2D eigenvalue weighted by Gasteiger charge is -2.12. The van der Waals surface area contributed by atoms with Crippen LogP contribution in [0.3, 0.4) is 0 Å². The molecule has 28 heavy (non-hydrogen) atoms. The van der Waals surface area contributed by atoms with Crippen LogP contribution in [0.5, 0.6) is 17.2 Å². The van der Waals surface area contributed by atoms with Crippen LogP contribution in [-0.4, -0.2) is 37.2 Å². The number of methoxy groups -OCH3 is 3. The van der Waals surface area contributed by atoms with Gasteiger partial charge in [0.1, 0.15) is 17.2 Å². The average Bonchev–Trinajstić information content (AvgIpc) is 2.74. The molecule has 1 heterocycles. The summed E-state index contributed by atoms with van der Waals surface area (Å²) in [4.78, 5) is 20.8. The topological polar surface area (TPSA) is 94.6 Å². The van der Waals surface area contributed by atoms with Crippen molar-refractivity contribution in [1.82, 2.24) is 9.97 Å². The Morgan fingerprint density at radius 3 is 2.21 bits per heavy atom. The van der Waals surface area contributed by atoms with Gasteiger partial charge in [-0.05, 0) is 24.3 Å². The summed E-state index contributed by atoms with van der Waals surface area (Å²) in [5, 5.41) is 5.83. The van der Waals surface area contributed by atoms with Crippen molar-refractivity contribution in [3.8, 4) is 17.2 Å². The first-order valence-electron chi connectivity index (χ1n) is 8.40. The first kappa shape index (κ1) is 19.0. The van der Waals surface area contributed by atoms with Gasteiger partial charge < -0.3 is 24.8 Å². The highest BCUT2D eigenvalue weighted by Crippen LogP contribution is 2.30. The lowest BCUT2D eigenvalue weighted by Crippen LogP contribution is -2.13. The summed E-state index contributed by atoms with van der Waals surface area (Å²) >= 11 is 0. The van der Waals surface area contributed by atoms with Crippen molar-refractivity contribution in [2.45, 2.75) is 0 Å². The van der Waals surface area contributed by atoms with Gasteiger partial charge in [-0.3, -0.25) is 4.79 Å². The largest absolute Gasteiger partial charge is 0.497 e. The first-order valence-corrected chi connectivity index (χ1v) is 8.40. The number of benzene rings is 2. The van der Waals surface area contributed by atoms with Crippen molar-refractivity contribution >= 4 is 23.2 Å². The zero-order valence-corrected chi connectivity index (χ0v) is 15.7. The second-order valence-electron chi connectivity index (χ2n) is 5.64. The number of rotatable bonds is 7. The van der Waals surface area contributed by atoms with E-state index in [1.807, 2.05) is 12.1 Å². The molecule has 1 aromatic heterocycles. The van der Waals surface area contributed by atoms with E-state index in [-0.39, 0.29) is 5.91 Å². The van der Waals surface area contributed by atoms with Crippen molar-refractivity contribution in [1.29, 1.82) is 0 Å². The molecular formula is C20H20N4O4. The Balaban J connectivity index is 1.74. The van der Waals surface area contributed by atoms with Gasteiger partial charge in [0.15, 0.2) is 0 Å². The number of anilines is 3. The zero-order chi connectivity index (χ0) is 19.9. The van der Waals surface area contributed by atoms with E-state index in [1.54, 1.807) is 51.7 Å². The van der Waals surface area contributed by atoms with E-state index >= 15 is 0 Å². The van der Waals surface area contributed by atoms with E-state index in [0.29, 0.717) is 40.1 Å². The lowest BCUT2D eigenvalue weighted by molar-refractivity contribution is 0.102. The Morgan fingerprint density at radius 2 is 1.54 bits per heavy atom. The molecule has 144 valence electrons. The van der Waals surface area contributed by atoms with E-state index < -0.39 is 0 Å². The van der Waals surface area contributed by atoms with Crippen LogP contribution in [0.1, 0.15) is 10.4 Å². The molecule has 0 bridgehead atoms. The molecule has 2 N–H and O–H groups in total. The predicted octanol–water partition coefficient (Wildman–Crippen LogP) is 3.50. The first-order chi connectivity index (χ1) is 13.6. The third-order valence-electron chi connectivity index (χ3n) is 3.92. The fourth-order valence-electron chi connectivity index (χ4n) is 2.48. The van der Waals surface area contributed by atoms with E-state index in [9.17, 15) is 4.79 Å². The molecule has 3 rings (SSSR count). The fraction of sp³-hybridized carbons (Fsp3) is 0.150. The maximum atomic E-state index is 12.4. The highest BCUT2D eigenvalue weighted by Gasteiger charge is 2.12. The number of nitrogens with one attached hydrogen (secondary N) is 2. The number of nitrogens with zero attached hydrogens (tertiary/aromatic N) is 2. The van der Waals surface area contributed by atoms with Crippen LogP contribution in [0.25, 0.3) is 0 Å². The van der Waals surface area contributed by atoms with Gasteiger partial charge >= 0.3 is 0 Å². The average molecular weight is 380 g/mol. The summed E-state index contributed by atoms with van der Waals surface area (Å²) in [5.41, 5.74) is 1.53. The molecule has 0 aliphatic carbocycles. The second-order valence-corrected chi connectivity index (χ2v) is 5.64.